The van der Waals surface area contributed by atoms with Crippen LogP contribution in [0.3, 0.4) is 0 Å². The third-order valence-electron chi connectivity index (χ3n) is 3.70. The first kappa shape index (κ1) is 15.8. The summed E-state index contributed by atoms with van der Waals surface area (Å²) in [7, 11) is 0. The van der Waals surface area contributed by atoms with Gasteiger partial charge in [0.1, 0.15) is 10.9 Å². The van der Waals surface area contributed by atoms with Gasteiger partial charge in [0.15, 0.2) is 0 Å². The van der Waals surface area contributed by atoms with Crippen molar-refractivity contribution in [3.8, 4) is 5.75 Å². The second-order valence-corrected chi connectivity index (χ2v) is 5.89. The van der Waals surface area contributed by atoms with Crippen LogP contribution in [0.1, 0.15) is 13.8 Å². The van der Waals surface area contributed by atoms with Gasteiger partial charge in [0.2, 0.25) is 0 Å². The van der Waals surface area contributed by atoms with E-state index in [0.29, 0.717) is 11.8 Å². The zero-order chi connectivity index (χ0) is 16.6. The van der Waals surface area contributed by atoms with Crippen molar-refractivity contribution in [2.24, 2.45) is 0 Å². The van der Waals surface area contributed by atoms with E-state index in [2.05, 4.69) is 28.5 Å². The van der Waals surface area contributed by atoms with E-state index >= 15 is 0 Å². The zero-order valence-electron chi connectivity index (χ0n) is 12.7. The molecule has 0 radical (unpaired) electrons. The molecule has 0 bridgehead atoms. The fourth-order valence-corrected chi connectivity index (χ4v) is 2.80. The maximum atomic E-state index is 12.4. The molecular formula is C16H16ClF2N3O. The molecule has 23 heavy (non-hydrogen) atoms. The molecule has 2 aromatic rings. The van der Waals surface area contributed by atoms with Gasteiger partial charge >= 0.3 is 6.61 Å². The largest absolute Gasteiger partial charge is 0.435 e. The van der Waals surface area contributed by atoms with Crippen molar-refractivity contribution in [3.05, 3.63) is 41.7 Å². The summed E-state index contributed by atoms with van der Waals surface area (Å²) in [5.41, 5.74) is 2.62. The lowest BCUT2D eigenvalue weighted by molar-refractivity contribution is -0.0498. The van der Waals surface area contributed by atoms with Crippen molar-refractivity contribution in [1.82, 2.24) is 4.98 Å². The van der Waals surface area contributed by atoms with Crippen LogP contribution in [-0.4, -0.2) is 24.3 Å². The highest BCUT2D eigenvalue weighted by molar-refractivity contribution is 6.29. The number of nitrogens with zero attached hydrogens (tertiary/aromatic N) is 3. The summed E-state index contributed by atoms with van der Waals surface area (Å²) in [6.07, 6.45) is 1.70. The van der Waals surface area contributed by atoms with E-state index in [9.17, 15) is 8.78 Å². The van der Waals surface area contributed by atoms with Crippen LogP contribution in [0.15, 0.2) is 36.5 Å². The Hall–Kier alpha value is -2.08. The average Bonchev–Trinajstić information content (AvgIpc) is 2.85. The van der Waals surface area contributed by atoms with Crippen LogP contribution in [0.4, 0.5) is 25.8 Å². The maximum Gasteiger partial charge on any atom is 0.387 e. The molecule has 1 aromatic carbocycles. The van der Waals surface area contributed by atoms with Gasteiger partial charge in [-0.05, 0) is 26.0 Å². The summed E-state index contributed by atoms with van der Waals surface area (Å²) in [4.78, 5) is 8.30. The molecule has 1 aromatic heterocycles. The fraction of sp³-hybridized carbons (Fsp3) is 0.312. The minimum Gasteiger partial charge on any atom is -0.435 e. The van der Waals surface area contributed by atoms with E-state index in [1.807, 2.05) is 17.0 Å². The Bertz CT molecular complexity index is 711. The van der Waals surface area contributed by atoms with Gasteiger partial charge < -0.3 is 14.5 Å². The number of aromatic nitrogens is 1. The molecule has 3 rings (SSSR count). The minimum absolute atomic E-state index is 0.129. The Kier molecular flexibility index (Phi) is 4.26. The van der Waals surface area contributed by atoms with Gasteiger partial charge in [-0.25, -0.2) is 4.98 Å². The Morgan fingerprint density at radius 3 is 2.70 bits per heavy atom. The first-order valence-electron chi connectivity index (χ1n) is 7.20. The van der Waals surface area contributed by atoms with E-state index < -0.39 is 6.61 Å². The summed E-state index contributed by atoms with van der Waals surface area (Å²) in [5, 5.41) is 0.422. The normalized spacial score (nSPS) is 13.9. The van der Waals surface area contributed by atoms with Crippen LogP contribution in [0.5, 0.6) is 5.75 Å². The predicted molar refractivity (Wildman–Crippen MR) is 86.9 cm³/mol. The highest BCUT2D eigenvalue weighted by Crippen LogP contribution is 2.42. The first-order valence-corrected chi connectivity index (χ1v) is 7.58. The quantitative estimate of drug-likeness (QED) is 0.757. The van der Waals surface area contributed by atoms with Gasteiger partial charge in [0, 0.05) is 23.9 Å². The molecule has 0 spiro atoms. The number of ether oxygens (including phenoxy) is 1. The third-order valence-corrected chi connectivity index (χ3v) is 3.91. The molecule has 0 saturated heterocycles. The Labute approximate surface area is 138 Å². The minimum atomic E-state index is -2.84. The standard InChI is InChI=1S/C16H16ClF2N3O/c1-10(2)21-9-22(14-8-20-15(17)7-13(14)21)11-4-3-5-12(6-11)23-16(18)19/h3-8,10,16H,9H2,1-2H3. The molecule has 122 valence electrons. The number of pyridine rings is 1. The number of halogens is 3. The molecule has 7 heteroatoms. The number of hydrogen-bond acceptors (Lipinski definition) is 4. The van der Waals surface area contributed by atoms with Crippen LogP contribution >= 0.6 is 11.6 Å². The van der Waals surface area contributed by atoms with Crippen molar-refractivity contribution in [1.29, 1.82) is 0 Å². The molecule has 0 aliphatic carbocycles. The average molecular weight is 340 g/mol. The molecule has 1 aliphatic rings. The van der Waals surface area contributed by atoms with Gasteiger partial charge in [-0.3, -0.25) is 0 Å². The van der Waals surface area contributed by atoms with Crippen LogP contribution in [0.2, 0.25) is 5.15 Å². The molecule has 0 fully saturated rings. The SMILES string of the molecule is CC(C)N1CN(c2cccc(OC(F)F)c2)c2cnc(Cl)cc21. The number of alkyl halides is 2. The predicted octanol–water partition coefficient (Wildman–Crippen LogP) is 4.66. The molecule has 2 heterocycles. The second-order valence-electron chi connectivity index (χ2n) is 5.50. The number of anilines is 3. The summed E-state index contributed by atoms with van der Waals surface area (Å²) >= 11 is 6.01. The van der Waals surface area contributed by atoms with Crippen LogP contribution in [-0.2, 0) is 0 Å². The van der Waals surface area contributed by atoms with Crippen molar-refractivity contribution in [3.63, 3.8) is 0 Å². The smallest absolute Gasteiger partial charge is 0.387 e. The van der Waals surface area contributed by atoms with E-state index in [1.165, 1.54) is 6.07 Å². The molecule has 0 saturated carbocycles. The Morgan fingerprint density at radius 1 is 1.22 bits per heavy atom. The Balaban J connectivity index is 1.99. The van der Waals surface area contributed by atoms with Crippen molar-refractivity contribution in [2.45, 2.75) is 26.5 Å². The topological polar surface area (TPSA) is 28.6 Å². The number of benzene rings is 1. The van der Waals surface area contributed by atoms with E-state index in [1.54, 1.807) is 18.3 Å². The van der Waals surface area contributed by atoms with Gasteiger partial charge in [-0.15, -0.1) is 0 Å². The molecule has 0 amide bonds. The number of hydrogen-bond donors (Lipinski definition) is 0. The van der Waals surface area contributed by atoms with Crippen LogP contribution < -0.4 is 14.5 Å². The van der Waals surface area contributed by atoms with Crippen LogP contribution in [0, 0.1) is 0 Å². The second kappa shape index (κ2) is 6.20. The highest BCUT2D eigenvalue weighted by atomic mass is 35.5. The van der Waals surface area contributed by atoms with Crippen molar-refractivity contribution < 1.29 is 13.5 Å². The van der Waals surface area contributed by atoms with E-state index in [-0.39, 0.29) is 11.8 Å². The van der Waals surface area contributed by atoms with Crippen molar-refractivity contribution >= 4 is 28.7 Å². The number of fused-ring (bicyclic) bond motifs is 1. The summed E-state index contributed by atoms with van der Waals surface area (Å²) < 4.78 is 29.3. The van der Waals surface area contributed by atoms with Gasteiger partial charge in [0.25, 0.3) is 0 Å². The summed E-state index contributed by atoms with van der Waals surface area (Å²) in [5.74, 6) is 0.129. The number of rotatable bonds is 4. The molecule has 0 N–H and O–H groups in total. The molecular weight excluding hydrogens is 324 g/mol. The van der Waals surface area contributed by atoms with Gasteiger partial charge in [-0.1, -0.05) is 17.7 Å². The highest BCUT2D eigenvalue weighted by Gasteiger charge is 2.29. The summed E-state index contributed by atoms with van der Waals surface area (Å²) in [6.45, 7) is 1.91. The first-order chi connectivity index (χ1) is 11.0. The Morgan fingerprint density at radius 2 is 2.00 bits per heavy atom. The van der Waals surface area contributed by atoms with E-state index in [4.69, 9.17) is 11.6 Å². The van der Waals surface area contributed by atoms with Gasteiger partial charge in [0.05, 0.1) is 24.2 Å². The van der Waals surface area contributed by atoms with Crippen molar-refractivity contribution in [2.75, 3.05) is 16.5 Å². The molecule has 1 aliphatic heterocycles. The monoisotopic (exact) mass is 339 g/mol. The van der Waals surface area contributed by atoms with E-state index in [0.717, 1.165) is 17.1 Å². The third kappa shape index (κ3) is 3.17. The lowest BCUT2D eigenvalue weighted by Crippen LogP contribution is -2.33. The fourth-order valence-electron chi connectivity index (χ4n) is 2.65. The van der Waals surface area contributed by atoms with Crippen LogP contribution in [0.25, 0.3) is 0 Å². The summed E-state index contributed by atoms with van der Waals surface area (Å²) in [6, 6.07) is 8.71. The lowest BCUT2D eigenvalue weighted by atomic mass is 10.2. The molecule has 0 unspecified atom stereocenters. The maximum absolute atomic E-state index is 12.4. The zero-order valence-corrected chi connectivity index (χ0v) is 13.5. The molecule has 0 atom stereocenters. The molecule has 4 nitrogen and oxygen atoms in total. The lowest BCUT2D eigenvalue weighted by Gasteiger charge is -2.25. The van der Waals surface area contributed by atoms with Gasteiger partial charge in [-0.2, -0.15) is 8.78 Å².